The van der Waals surface area contributed by atoms with Crippen LogP contribution in [0.15, 0.2) is 16.6 Å². The van der Waals surface area contributed by atoms with Crippen LogP contribution in [-0.2, 0) is 4.79 Å². The molecule has 84 valence electrons. The number of ketones is 1. The second-order valence-corrected chi connectivity index (χ2v) is 3.83. The molecule has 5 heteroatoms. The lowest BCUT2D eigenvalue weighted by atomic mass is 9.96. The van der Waals surface area contributed by atoms with Crippen LogP contribution >= 0.6 is 0 Å². The Morgan fingerprint density at radius 2 is 2.12 bits per heavy atom. The van der Waals surface area contributed by atoms with Crippen molar-refractivity contribution < 1.29 is 9.90 Å². The number of nitrogens with zero attached hydrogens (tertiary/aromatic N) is 1. The first kappa shape index (κ1) is 10.6. The Labute approximate surface area is 91.8 Å². The fourth-order valence-electron chi connectivity index (χ4n) is 1.79. The largest absolute Gasteiger partial charge is 0.511 e. The molecule has 2 rings (SSSR count). The van der Waals surface area contributed by atoms with Crippen molar-refractivity contribution in [2.45, 2.75) is 26.2 Å². The van der Waals surface area contributed by atoms with Crippen molar-refractivity contribution in [2.24, 2.45) is 0 Å². The second kappa shape index (κ2) is 3.92. The summed E-state index contributed by atoms with van der Waals surface area (Å²) in [6, 6.07) is 1.34. The van der Waals surface area contributed by atoms with Crippen molar-refractivity contribution in [1.82, 2.24) is 9.97 Å². The van der Waals surface area contributed by atoms with Gasteiger partial charge in [0.1, 0.15) is 11.6 Å². The summed E-state index contributed by atoms with van der Waals surface area (Å²) in [7, 11) is 0. The standard InChI is InChI=1S/C11H12N2O3/c1-6-5-9(16)13-11(12-6)10-7(14)3-2-4-8(10)15/h5,14H,2-4H2,1H3,(H,12,13,16). The van der Waals surface area contributed by atoms with E-state index in [1.54, 1.807) is 6.92 Å². The minimum Gasteiger partial charge on any atom is -0.511 e. The number of hydrogen-bond acceptors (Lipinski definition) is 4. The highest BCUT2D eigenvalue weighted by atomic mass is 16.3. The van der Waals surface area contributed by atoms with Crippen molar-refractivity contribution in [3.63, 3.8) is 0 Å². The highest BCUT2D eigenvalue weighted by Gasteiger charge is 2.23. The summed E-state index contributed by atoms with van der Waals surface area (Å²) in [6.07, 6.45) is 1.49. The van der Waals surface area contributed by atoms with E-state index in [0.29, 0.717) is 25.0 Å². The molecule has 0 atom stereocenters. The Hall–Kier alpha value is -1.91. The Kier molecular flexibility index (Phi) is 2.60. The molecule has 1 aromatic rings. The summed E-state index contributed by atoms with van der Waals surface area (Å²) < 4.78 is 0. The van der Waals surface area contributed by atoms with Crippen LogP contribution in [0.1, 0.15) is 30.8 Å². The van der Waals surface area contributed by atoms with Gasteiger partial charge < -0.3 is 10.1 Å². The normalized spacial score (nSPS) is 16.7. The molecule has 1 aromatic heterocycles. The Bertz CT molecular complexity index is 528. The molecule has 0 saturated carbocycles. The number of aromatic nitrogens is 2. The summed E-state index contributed by atoms with van der Waals surface area (Å²) in [5.41, 5.74) is 0.366. The number of aliphatic hydroxyl groups excluding tert-OH is 1. The minimum atomic E-state index is -0.318. The third-order valence-electron chi connectivity index (χ3n) is 2.49. The summed E-state index contributed by atoms with van der Waals surface area (Å²) in [5.74, 6) is 0.0229. The molecule has 0 radical (unpaired) electrons. The Morgan fingerprint density at radius 1 is 1.38 bits per heavy atom. The highest BCUT2D eigenvalue weighted by Crippen LogP contribution is 2.25. The minimum absolute atomic E-state index is 0.0185. The van der Waals surface area contributed by atoms with Crippen molar-refractivity contribution in [3.8, 4) is 0 Å². The number of H-pyrrole nitrogens is 1. The van der Waals surface area contributed by atoms with Crippen LogP contribution in [0.3, 0.4) is 0 Å². The molecule has 0 fully saturated rings. The van der Waals surface area contributed by atoms with E-state index in [4.69, 9.17) is 0 Å². The predicted octanol–water partition coefficient (Wildman–Crippen LogP) is 1.10. The fourth-order valence-corrected chi connectivity index (χ4v) is 1.79. The first-order chi connectivity index (χ1) is 7.58. The van der Waals surface area contributed by atoms with Gasteiger partial charge in [-0.25, -0.2) is 4.98 Å². The molecule has 0 aliphatic heterocycles. The lowest BCUT2D eigenvalue weighted by Crippen LogP contribution is -2.17. The van der Waals surface area contributed by atoms with Crippen LogP contribution in [0.2, 0.25) is 0 Å². The average molecular weight is 220 g/mol. The maximum Gasteiger partial charge on any atom is 0.251 e. The maximum atomic E-state index is 11.6. The van der Waals surface area contributed by atoms with Gasteiger partial charge in [0, 0.05) is 24.6 Å². The molecular formula is C11H12N2O3. The molecule has 0 amide bonds. The van der Waals surface area contributed by atoms with Crippen LogP contribution < -0.4 is 5.56 Å². The molecule has 0 saturated heterocycles. The number of allylic oxidation sites excluding steroid dienone is 2. The van der Waals surface area contributed by atoms with Gasteiger partial charge in [0.2, 0.25) is 0 Å². The smallest absolute Gasteiger partial charge is 0.251 e. The van der Waals surface area contributed by atoms with E-state index in [2.05, 4.69) is 9.97 Å². The first-order valence-corrected chi connectivity index (χ1v) is 5.11. The van der Waals surface area contributed by atoms with Crippen LogP contribution in [0.5, 0.6) is 0 Å². The van der Waals surface area contributed by atoms with Gasteiger partial charge in [-0.05, 0) is 13.3 Å². The zero-order valence-electron chi connectivity index (χ0n) is 8.91. The monoisotopic (exact) mass is 220 g/mol. The number of carbonyl (C=O) groups excluding carboxylic acids is 1. The number of carbonyl (C=O) groups is 1. The van der Waals surface area contributed by atoms with E-state index in [-0.39, 0.29) is 28.5 Å². The fraction of sp³-hybridized carbons (Fsp3) is 0.364. The second-order valence-electron chi connectivity index (χ2n) is 3.83. The first-order valence-electron chi connectivity index (χ1n) is 5.11. The quantitative estimate of drug-likeness (QED) is 0.742. The number of hydrogen-bond donors (Lipinski definition) is 2. The van der Waals surface area contributed by atoms with E-state index < -0.39 is 0 Å². The highest BCUT2D eigenvalue weighted by molar-refractivity contribution is 6.20. The molecule has 0 unspecified atom stereocenters. The van der Waals surface area contributed by atoms with E-state index in [9.17, 15) is 14.7 Å². The van der Waals surface area contributed by atoms with Gasteiger partial charge in [-0.15, -0.1) is 0 Å². The van der Waals surface area contributed by atoms with Crippen molar-refractivity contribution in [2.75, 3.05) is 0 Å². The maximum absolute atomic E-state index is 11.6. The Morgan fingerprint density at radius 3 is 2.75 bits per heavy atom. The van der Waals surface area contributed by atoms with Gasteiger partial charge in [0.25, 0.3) is 5.56 Å². The van der Waals surface area contributed by atoms with Gasteiger partial charge in [-0.1, -0.05) is 0 Å². The lowest BCUT2D eigenvalue weighted by molar-refractivity contribution is -0.114. The van der Waals surface area contributed by atoms with Crippen LogP contribution in [-0.4, -0.2) is 20.9 Å². The molecule has 0 spiro atoms. The van der Waals surface area contributed by atoms with Gasteiger partial charge >= 0.3 is 0 Å². The van der Waals surface area contributed by atoms with Crippen LogP contribution in [0.4, 0.5) is 0 Å². The zero-order chi connectivity index (χ0) is 11.7. The summed E-state index contributed by atoms with van der Waals surface area (Å²) in [6.45, 7) is 1.67. The molecular weight excluding hydrogens is 208 g/mol. The molecule has 0 bridgehead atoms. The zero-order valence-corrected chi connectivity index (χ0v) is 8.91. The predicted molar refractivity (Wildman–Crippen MR) is 58.0 cm³/mol. The number of rotatable bonds is 1. The van der Waals surface area contributed by atoms with Crippen LogP contribution in [0.25, 0.3) is 5.57 Å². The number of aromatic amines is 1. The number of Topliss-reactive ketones (excluding diaryl/α,β-unsaturated/α-hetero) is 1. The summed E-state index contributed by atoms with van der Waals surface area (Å²) >= 11 is 0. The Balaban J connectivity index is 2.58. The molecule has 2 N–H and O–H groups in total. The van der Waals surface area contributed by atoms with Crippen molar-refractivity contribution in [1.29, 1.82) is 0 Å². The molecule has 1 heterocycles. The van der Waals surface area contributed by atoms with E-state index in [1.165, 1.54) is 6.07 Å². The third kappa shape index (κ3) is 1.88. The SMILES string of the molecule is Cc1cc(=O)[nH]c(C2=C(O)CCCC2=O)n1. The van der Waals surface area contributed by atoms with Crippen molar-refractivity contribution in [3.05, 3.63) is 33.7 Å². The summed E-state index contributed by atoms with van der Waals surface area (Å²) in [4.78, 5) is 29.4. The molecule has 16 heavy (non-hydrogen) atoms. The topological polar surface area (TPSA) is 83.0 Å². The number of aryl methyl sites for hydroxylation is 1. The molecule has 0 aromatic carbocycles. The van der Waals surface area contributed by atoms with Crippen LogP contribution in [0, 0.1) is 6.92 Å². The van der Waals surface area contributed by atoms with Gasteiger partial charge in [-0.3, -0.25) is 9.59 Å². The number of nitrogens with one attached hydrogen (secondary N) is 1. The van der Waals surface area contributed by atoms with E-state index in [0.717, 1.165) is 0 Å². The van der Waals surface area contributed by atoms with E-state index >= 15 is 0 Å². The molecule has 5 nitrogen and oxygen atoms in total. The van der Waals surface area contributed by atoms with Crippen molar-refractivity contribution >= 4 is 11.4 Å². The number of aliphatic hydroxyl groups is 1. The average Bonchev–Trinajstić information content (AvgIpc) is 2.15. The summed E-state index contributed by atoms with van der Waals surface area (Å²) in [5, 5.41) is 9.67. The van der Waals surface area contributed by atoms with Gasteiger partial charge in [-0.2, -0.15) is 0 Å². The van der Waals surface area contributed by atoms with E-state index in [1.807, 2.05) is 0 Å². The molecule has 1 aliphatic rings. The molecule has 1 aliphatic carbocycles. The third-order valence-corrected chi connectivity index (χ3v) is 2.49. The lowest BCUT2D eigenvalue weighted by Gasteiger charge is -2.14. The van der Waals surface area contributed by atoms with Gasteiger partial charge in [0.05, 0.1) is 5.57 Å². The van der Waals surface area contributed by atoms with Gasteiger partial charge in [0.15, 0.2) is 5.78 Å².